The van der Waals surface area contributed by atoms with Crippen molar-refractivity contribution in [3.05, 3.63) is 18.2 Å². The lowest BCUT2D eigenvalue weighted by Gasteiger charge is -2.31. The van der Waals surface area contributed by atoms with Crippen molar-refractivity contribution in [2.45, 2.75) is 32.7 Å². The van der Waals surface area contributed by atoms with Crippen molar-refractivity contribution in [2.75, 3.05) is 26.2 Å². The van der Waals surface area contributed by atoms with Crippen LogP contribution in [-0.2, 0) is 6.54 Å². The average Bonchev–Trinajstić information content (AvgIpc) is 2.85. The molecule has 1 aliphatic heterocycles. The fourth-order valence-corrected chi connectivity index (χ4v) is 2.52. The molecule has 1 aromatic rings. The minimum absolute atomic E-state index is 0.845. The molecule has 2 N–H and O–H groups in total. The second kappa shape index (κ2) is 6.77. The summed E-state index contributed by atoms with van der Waals surface area (Å²) in [7, 11) is 0. The summed E-state index contributed by atoms with van der Waals surface area (Å²) in [5.74, 6) is 1.88. The number of likely N-dealkylation sites (tertiary alicyclic amines) is 1. The average molecular weight is 236 g/mol. The van der Waals surface area contributed by atoms with Crippen molar-refractivity contribution in [3.8, 4) is 0 Å². The van der Waals surface area contributed by atoms with E-state index in [1.807, 2.05) is 6.20 Å². The summed E-state index contributed by atoms with van der Waals surface area (Å²) in [4.78, 5) is 9.91. The summed E-state index contributed by atoms with van der Waals surface area (Å²) in [6, 6.07) is 0. The monoisotopic (exact) mass is 236 g/mol. The van der Waals surface area contributed by atoms with Gasteiger partial charge in [-0.3, -0.25) is 0 Å². The highest BCUT2D eigenvalue weighted by Crippen LogP contribution is 2.16. The Morgan fingerprint density at radius 1 is 1.47 bits per heavy atom. The van der Waals surface area contributed by atoms with E-state index in [0.717, 1.165) is 24.8 Å². The summed E-state index contributed by atoms with van der Waals surface area (Å²) >= 11 is 0. The van der Waals surface area contributed by atoms with Crippen molar-refractivity contribution in [1.29, 1.82) is 0 Å². The molecule has 96 valence electrons. The van der Waals surface area contributed by atoms with Gasteiger partial charge >= 0.3 is 0 Å². The Kier molecular flexibility index (Phi) is 5.01. The number of aromatic amines is 1. The summed E-state index contributed by atoms with van der Waals surface area (Å²) in [5, 5.41) is 3.49. The van der Waals surface area contributed by atoms with Crippen LogP contribution in [-0.4, -0.2) is 41.0 Å². The summed E-state index contributed by atoms with van der Waals surface area (Å²) in [6.45, 7) is 8.08. The number of hydrogen-bond donors (Lipinski definition) is 2. The molecule has 0 spiro atoms. The molecule has 4 heteroatoms. The third-order valence-corrected chi connectivity index (χ3v) is 3.53. The van der Waals surface area contributed by atoms with E-state index in [-0.39, 0.29) is 0 Å². The maximum absolute atomic E-state index is 4.21. The Bertz CT molecular complexity index is 288. The highest BCUT2D eigenvalue weighted by atomic mass is 15.1. The Labute approximate surface area is 104 Å². The number of nitrogens with one attached hydrogen (secondary N) is 2. The SMILES string of the molecule is CCCN1CCC(CNCc2ncc[nH]2)CC1. The van der Waals surface area contributed by atoms with Gasteiger partial charge in [0.25, 0.3) is 0 Å². The molecule has 0 unspecified atom stereocenters. The van der Waals surface area contributed by atoms with E-state index in [4.69, 9.17) is 0 Å². The van der Waals surface area contributed by atoms with E-state index in [0.29, 0.717) is 0 Å². The van der Waals surface area contributed by atoms with Gasteiger partial charge in [-0.25, -0.2) is 4.98 Å². The van der Waals surface area contributed by atoms with Gasteiger partial charge < -0.3 is 15.2 Å². The van der Waals surface area contributed by atoms with Crippen LogP contribution in [0.1, 0.15) is 32.0 Å². The summed E-state index contributed by atoms with van der Waals surface area (Å²) in [6.07, 6.45) is 7.64. The maximum atomic E-state index is 4.21. The van der Waals surface area contributed by atoms with Crippen LogP contribution in [0.4, 0.5) is 0 Å². The Morgan fingerprint density at radius 3 is 2.94 bits per heavy atom. The molecule has 1 saturated heterocycles. The van der Waals surface area contributed by atoms with E-state index in [9.17, 15) is 0 Å². The maximum Gasteiger partial charge on any atom is 0.120 e. The van der Waals surface area contributed by atoms with Crippen LogP contribution in [0.3, 0.4) is 0 Å². The zero-order valence-electron chi connectivity index (χ0n) is 10.8. The quantitative estimate of drug-likeness (QED) is 0.789. The van der Waals surface area contributed by atoms with Crippen LogP contribution in [0.2, 0.25) is 0 Å². The van der Waals surface area contributed by atoms with Crippen LogP contribution in [0.25, 0.3) is 0 Å². The molecule has 17 heavy (non-hydrogen) atoms. The lowest BCUT2D eigenvalue weighted by molar-refractivity contribution is 0.182. The van der Waals surface area contributed by atoms with Gasteiger partial charge in [0.2, 0.25) is 0 Å². The van der Waals surface area contributed by atoms with Gasteiger partial charge in [0.1, 0.15) is 5.82 Å². The van der Waals surface area contributed by atoms with E-state index in [2.05, 4.69) is 27.1 Å². The molecule has 0 atom stereocenters. The summed E-state index contributed by atoms with van der Waals surface area (Å²) in [5.41, 5.74) is 0. The molecular formula is C13H24N4. The molecule has 2 rings (SSSR count). The third kappa shape index (κ3) is 4.13. The lowest BCUT2D eigenvalue weighted by Crippen LogP contribution is -2.37. The van der Waals surface area contributed by atoms with Crippen LogP contribution in [0, 0.1) is 5.92 Å². The van der Waals surface area contributed by atoms with E-state index in [1.165, 1.54) is 38.9 Å². The highest BCUT2D eigenvalue weighted by molar-refractivity contribution is 4.86. The van der Waals surface area contributed by atoms with Gasteiger partial charge in [0.15, 0.2) is 0 Å². The first-order valence-corrected chi connectivity index (χ1v) is 6.80. The largest absolute Gasteiger partial charge is 0.348 e. The van der Waals surface area contributed by atoms with Crippen LogP contribution in [0.15, 0.2) is 12.4 Å². The Morgan fingerprint density at radius 2 is 2.29 bits per heavy atom. The lowest BCUT2D eigenvalue weighted by atomic mass is 9.97. The first-order chi connectivity index (χ1) is 8.38. The molecule has 0 amide bonds. The second-order valence-electron chi connectivity index (χ2n) is 4.95. The van der Waals surface area contributed by atoms with Crippen LogP contribution < -0.4 is 5.32 Å². The Hall–Kier alpha value is -0.870. The number of hydrogen-bond acceptors (Lipinski definition) is 3. The van der Waals surface area contributed by atoms with Crippen molar-refractivity contribution in [3.63, 3.8) is 0 Å². The van der Waals surface area contributed by atoms with Crippen molar-refractivity contribution < 1.29 is 0 Å². The first-order valence-electron chi connectivity index (χ1n) is 6.80. The predicted molar refractivity (Wildman–Crippen MR) is 69.7 cm³/mol. The van der Waals surface area contributed by atoms with E-state index >= 15 is 0 Å². The molecule has 2 heterocycles. The van der Waals surface area contributed by atoms with Gasteiger partial charge in [-0.05, 0) is 51.4 Å². The topological polar surface area (TPSA) is 44.0 Å². The number of piperidine rings is 1. The van der Waals surface area contributed by atoms with Crippen LogP contribution >= 0.6 is 0 Å². The normalized spacial score (nSPS) is 18.6. The van der Waals surface area contributed by atoms with Gasteiger partial charge in [0, 0.05) is 12.4 Å². The molecule has 0 radical (unpaired) electrons. The van der Waals surface area contributed by atoms with Crippen molar-refractivity contribution >= 4 is 0 Å². The number of aromatic nitrogens is 2. The van der Waals surface area contributed by atoms with Crippen LogP contribution in [0.5, 0.6) is 0 Å². The van der Waals surface area contributed by atoms with Gasteiger partial charge in [0.05, 0.1) is 6.54 Å². The molecule has 0 saturated carbocycles. The number of imidazole rings is 1. The number of nitrogens with zero attached hydrogens (tertiary/aromatic N) is 2. The number of rotatable bonds is 6. The molecule has 0 aromatic carbocycles. The predicted octanol–water partition coefficient (Wildman–Crippen LogP) is 1.62. The zero-order valence-corrected chi connectivity index (χ0v) is 10.8. The molecule has 1 aromatic heterocycles. The number of H-pyrrole nitrogens is 1. The molecular weight excluding hydrogens is 212 g/mol. The fourth-order valence-electron chi connectivity index (χ4n) is 2.52. The van der Waals surface area contributed by atoms with Crippen molar-refractivity contribution in [2.24, 2.45) is 5.92 Å². The van der Waals surface area contributed by atoms with Crippen molar-refractivity contribution in [1.82, 2.24) is 20.2 Å². The minimum atomic E-state index is 0.845. The first kappa shape index (κ1) is 12.6. The smallest absolute Gasteiger partial charge is 0.120 e. The minimum Gasteiger partial charge on any atom is -0.348 e. The second-order valence-corrected chi connectivity index (χ2v) is 4.95. The van der Waals surface area contributed by atoms with Gasteiger partial charge in [-0.1, -0.05) is 6.92 Å². The fraction of sp³-hybridized carbons (Fsp3) is 0.769. The molecule has 1 aliphatic rings. The third-order valence-electron chi connectivity index (χ3n) is 3.53. The van der Waals surface area contributed by atoms with E-state index < -0.39 is 0 Å². The van der Waals surface area contributed by atoms with Gasteiger partial charge in [-0.15, -0.1) is 0 Å². The van der Waals surface area contributed by atoms with Gasteiger partial charge in [-0.2, -0.15) is 0 Å². The highest BCUT2D eigenvalue weighted by Gasteiger charge is 2.17. The van der Waals surface area contributed by atoms with E-state index in [1.54, 1.807) is 6.20 Å². The standard InChI is InChI=1S/C13H24N4/c1-2-7-17-8-3-12(4-9-17)10-14-11-13-15-5-6-16-13/h5-6,12,14H,2-4,7-11H2,1H3,(H,15,16). The Balaban J connectivity index is 1.58. The molecule has 0 aliphatic carbocycles. The molecule has 1 fully saturated rings. The zero-order chi connectivity index (χ0) is 11.9. The molecule has 4 nitrogen and oxygen atoms in total. The summed E-state index contributed by atoms with van der Waals surface area (Å²) < 4.78 is 0. The molecule has 0 bridgehead atoms.